The first-order chi connectivity index (χ1) is 11.8. The molecule has 0 aromatic heterocycles. The predicted molar refractivity (Wildman–Crippen MR) is 105 cm³/mol. The van der Waals surface area contributed by atoms with Crippen molar-refractivity contribution in [2.24, 2.45) is 23.5 Å². The van der Waals surface area contributed by atoms with Crippen molar-refractivity contribution in [2.45, 2.75) is 128 Å². The van der Waals surface area contributed by atoms with Crippen LogP contribution in [0.5, 0.6) is 0 Å². The van der Waals surface area contributed by atoms with E-state index in [-0.39, 0.29) is 5.54 Å². The van der Waals surface area contributed by atoms with Crippen molar-refractivity contribution >= 4 is 0 Å². The van der Waals surface area contributed by atoms with Crippen LogP contribution in [0.4, 0.5) is 0 Å². The van der Waals surface area contributed by atoms with Gasteiger partial charge in [-0.2, -0.15) is 0 Å². The molecule has 0 atom stereocenters. The molecule has 0 radical (unpaired) electrons. The molecule has 0 spiro atoms. The van der Waals surface area contributed by atoms with Crippen molar-refractivity contribution in [3.63, 3.8) is 0 Å². The van der Waals surface area contributed by atoms with Gasteiger partial charge in [0, 0.05) is 5.54 Å². The van der Waals surface area contributed by atoms with E-state index in [4.69, 9.17) is 5.73 Å². The topological polar surface area (TPSA) is 26.0 Å². The molecular formula is C23H43N. The van der Waals surface area contributed by atoms with E-state index in [1.54, 1.807) is 0 Å². The van der Waals surface area contributed by atoms with Crippen LogP contribution >= 0.6 is 0 Å². The lowest BCUT2D eigenvalue weighted by atomic mass is 9.60. The molecule has 0 bridgehead atoms. The Labute approximate surface area is 151 Å². The number of nitrogens with two attached hydrogens (primary N) is 1. The monoisotopic (exact) mass is 333 g/mol. The average Bonchev–Trinajstić information content (AvgIpc) is 2.99. The molecule has 3 aliphatic carbocycles. The zero-order chi connectivity index (χ0) is 16.7. The fraction of sp³-hybridized carbons (Fsp3) is 1.00. The highest BCUT2D eigenvalue weighted by Crippen LogP contribution is 2.47. The van der Waals surface area contributed by atoms with E-state index in [0.29, 0.717) is 0 Å². The quantitative estimate of drug-likeness (QED) is 0.554. The van der Waals surface area contributed by atoms with E-state index in [2.05, 4.69) is 0 Å². The molecule has 3 fully saturated rings. The molecule has 0 unspecified atom stereocenters. The van der Waals surface area contributed by atoms with Gasteiger partial charge >= 0.3 is 0 Å². The van der Waals surface area contributed by atoms with Gasteiger partial charge in [-0.1, -0.05) is 83.5 Å². The third-order valence-electron chi connectivity index (χ3n) is 7.94. The normalized spacial score (nSPS) is 27.9. The SMILES string of the molecule is NC(C1CCCCCCC1)(C1CCCCCC1)C1CCCCCC1. The van der Waals surface area contributed by atoms with Crippen LogP contribution in [0.3, 0.4) is 0 Å². The van der Waals surface area contributed by atoms with Crippen LogP contribution in [0.25, 0.3) is 0 Å². The van der Waals surface area contributed by atoms with E-state index >= 15 is 0 Å². The molecule has 24 heavy (non-hydrogen) atoms. The Morgan fingerprint density at radius 2 is 0.583 bits per heavy atom. The minimum absolute atomic E-state index is 0.173. The summed E-state index contributed by atoms with van der Waals surface area (Å²) in [4.78, 5) is 0. The maximum atomic E-state index is 7.58. The first kappa shape index (κ1) is 18.7. The zero-order valence-electron chi connectivity index (χ0n) is 16.2. The van der Waals surface area contributed by atoms with E-state index in [9.17, 15) is 0 Å². The molecule has 140 valence electrons. The van der Waals surface area contributed by atoms with E-state index < -0.39 is 0 Å². The van der Waals surface area contributed by atoms with Gasteiger partial charge in [-0.05, 0) is 56.3 Å². The summed E-state index contributed by atoms with van der Waals surface area (Å²) < 4.78 is 0. The molecule has 0 aromatic carbocycles. The van der Waals surface area contributed by atoms with Crippen molar-refractivity contribution in [1.29, 1.82) is 0 Å². The maximum absolute atomic E-state index is 7.58. The Morgan fingerprint density at radius 3 is 0.833 bits per heavy atom. The standard InChI is InChI=1S/C23H43N/c24-23(21-16-10-4-5-11-17-21,22-18-12-6-7-13-19-22)20-14-8-2-1-3-9-15-20/h20-22H,1-19,24H2. The summed E-state index contributed by atoms with van der Waals surface area (Å²) in [5.41, 5.74) is 7.75. The smallest absolute Gasteiger partial charge is 0.0240 e. The summed E-state index contributed by atoms with van der Waals surface area (Å²) in [7, 11) is 0. The third kappa shape index (κ3) is 4.57. The van der Waals surface area contributed by atoms with Gasteiger partial charge in [0.05, 0.1) is 0 Å². The van der Waals surface area contributed by atoms with Crippen LogP contribution in [-0.2, 0) is 0 Å². The summed E-state index contributed by atoms with van der Waals surface area (Å²) >= 11 is 0. The second-order valence-corrected chi connectivity index (χ2v) is 9.42. The van der Waals surface area contributed by atoms with Crippen LogP contribution in [0.2, 0.25) is 0 Å². The fourth-order valence-corrected chi connectivity index (χ4v) is 6.51. The molecule has 0 heterocycles. The highest BCUT2D eigenvalue weighted by molar-refractivity contribution is 5.02. The maximum Gasteiger partial charge on any atom is 0.0240 e. The molecular weight excluding hydrogens is 290 g/mol. The molecule has 1 heteroatoms. The highest BCUT2D eigenvalue weighted by Gasteiger charge is 2.46. The van der Waals surface area contributed by atoms with Crippen molar-refractivity contribution in [2.75, 3.05) is 0 Å². The van der Waals surface area contributed by atoms with Gasteiger partial charge in [0.15, 0.2) is 0 Å². The minimum Gasteiger partial charge on any atom is -0.324 e. The second kappa shape index (κ2) is 9.60. The van der Waals surface area contributed by atoms with E-state index in [1.807, 2.05) is 0 Å². The first-order valence-electron chi connectivity index (χ1n) is 11.6. The summed E-state index contributed by atoms with van der Waals surface area (Å²) in [5.74, 6) is 2.48. The molecule has 0 saturated heterocycles. The van der Waals surface area contributed by atoms with Crippen molar-refractivity contribution in [3.8, 4) is 0 Å². The van der Waals surface area contributed by atoms with Gasteiger partial charge in [-0.25, -0.2) is 0 Å². The molecule has 3 aliphatic rings. The van der Waals surface area contributed by atoms with Gasteiger partial charge in [-0.15, -0.1) is 0 Å². The Hall–Kier alpha value is -0.0400. The summed E-state index contributed by atoms with van der Waals surface area (Å²) in [6.45, 7) is 0. The van der Waals surface area contributed by atoms with Crippen LogP contribution in [0, 0.1) is 17.8 Å². The number of hydrogen-bond acceptors (Lipinski definition) is 1. The van der Waals surface area contributed by atoms with Crippen molar-refractivity contribution in [1.82, 2.24) is 0 Å². The largest absolute Gasteiger partial charge is 0.324 e. The van der Waals surface area contributed by atoms with Crippen LogP contribution in [-0.4, -0.2) is 5.54 Å². The summed E-state index contributed by atoms with van der Waals surface area (Å²) in [5, 5.41) is 0. The molecule has 2 N–H and O–H groups in total. The van der Waals surface area contributed by atoms with Gasteiger partial charge in [0.25, 0.3) is 0 Å². The van der Waals surface area contributed by atoms with Gasteiger partial charge in [0.2, 0.25) is 0 Å². The molecule has 3 saturated carbocycles. The van der Waals surface area contributed by atoms with Gasteiger partial charge in [0.1, 0.15) is 0 Å². The molecule has 1 nitrogen and oxygen atoms in total. The first-order valence-corrected chi connectivity index (χ1v) is 11.6. The van der Waals surface area contributed by atoms with E-state index in [0.717, 1.165) is 17.8 Å². The molecule has 3 rings (SSSR count). The Morgan fingerprint density at radius 1 is 0.375 bits per heavy atom. The Kier molecular flexibility index (Phi) is 7.50. The lowest BCUT2D eigenvalue weighted by Gasteiger charge is -2.50. The number of rotatable bonds is 3. The lowest BCUT2D eigenvalue weighted by Crippen LogP contribution is -2.59. The average molecular weight is 334 g/mol. The highest BCUT2D eigenvalue weighted by atomic mass is 14.8. The zero-order valence-corrected chi connectivity index (χ0v) is 16.2. The van der Waals surface area contributed by atoms with Crippen molar-refractivity contribution in [3.05, 3.63) is 0 Å². The van der Waals surface area contributed by atoms with Crippen LogP contribution < -0.4 is 5.73 Å². The Balaban J connectivity index is 1.82. The fourth-order valence-electron chi connectivity index (χ4n) is 6.51. The summed E-state index contributed by atoms with van der Waals surface area (Å²) in [6.07, 6.45) is 27.5. The summed E-state index contributed by atoms with van der Waals surface area (Å²) in [6, 6.07) is 0. The minimum atomic E-state index is 0.173. The Bertz CT molecular complexity index is 306. The second-order valence-electron chi connectivity index (χ2n) is 9.42. The predicted octanol–water partition coefficient (Wildman–Crippen LogP) is 6.99. The van der Waals surface area contributed by atoms with Gasteiger partial charge < -0.3 is 5.73 Å². The lowest BCUT2D eigenvalue weighted by molar-refractivity contribution is 0.0589. The number of hydrogen-bond donors (Lipinski definition) is 1. The van der Waals surface area contributed by atoms with E-state index in [1.165, 1.54) is 122 Å². The molecule has 0 aliphatic heterocycles. The molecule has 0 amide bonds. The van der Waals surface area contributed by atoms with Crippen molar-refractivity contribution < 1.29 is 0 Å². The van der Waals surface area contributed by atoms with Crippen LogP contribution in [0.15, 0.2) is 0 Å². The molecule has 0 aromatic rings. The third-order valence-corrected chi connectivity index (χ3v) is 7.94. The van der Waals surface area contributed by atoms with Crippen LogP contribution in [0.1, 0.15) is 122 Å². The van der Waals surface area contributed by atoms with Gasteiger partial charge in [-0.3, -0.25) is 0 Å².